The van der Waals surface area contributed by atoms with Crippen LogP contribution in [0, 0.1) is 17.0 Å². The lowest BCUT2D eigenvalue weighted by Gasteiger charge is -2.30. The number of aryl methyl sites for hydroxylation is 1. The van der Waals surface area contributed by atoms with Crippen LogP contribution in [0.15, 0.2) is 12.3 Å². The smallest absolute Gasteiger partial charge is 0.287 e. The van der Waals surface area contributed by atoms with Crippen LogP contribution < -0.4 is 5.32 Å². The number of aromatic nitrogens is 1. The van der Waals surface area contributed by atoms with Gasteiger partial charge in [0, 0.05) is 18.2 Å². The topological polar surface area (TPSA) is 88.3 Å². The molecule has 0 aliphatic heterocycles. The molecule has 0 radical (unpaired) electrons. The number of nitrogens with zero attached hydrogens (tertiary/aromatic N) is 2. The van der Waals surface area contributed by atoms with E-state index >= 15 is 0 Å². The average Bonchev–Trinajstić information content (AvgIpc) is 2.32. The zero-order valence-corrected chi connectivity index (χ0v) is 10.9. The van der Waals surface area contributed by atoms with Gasteiger partial charge in [-0.3, -0.25) is 10.1 Å². The van der Waals surface area contributed by atoms with E-state index in [9.17, 15) is 10.1 Å². The van der Waals surface area contributed by atoms with Gasteiger partial charge in [0.1, 0.15) is 12.0 Å². The van der Waals surface area contributed by atoms with E-state index < -0.39 is 4.92 Å². The Morgan fingerprint density at radius 3 is 2.72 bits per heavy atom. The van der Waals surface area contributed by atoms with Gasteiger partial charge in [-0.15, -0.1) is 0 Å². The molecule has 100 valence electrons. The summed E-state index contributed by atoms with van der Waals surface area (Å²) in [7, 11) is 0. The Bertz CT molecular complexity index is 437. The van der Waals surface area contributed by atoms with Crippen molar-refractivity contribution >= 4 is 11.5 Å². The molecule has 0 spiro atoms. The van der Waals surface area contributed by atoms with Crippen LogP contribution in [0.5, 0.6) is 0 Å². The van der Waals surface area contributed by atoms with Crippen molar-refractivity contribution in [2.24, 2.45) is 0 Å². The van der Waals surface area contributed by atoms with E-state index in [1.165, 1.54) is 12.3 Å². The summed E-state index contributed by atoms with van der Waals surface area (Å²) in [5, 5.41) is 22.9. The van der Waals surface area contributed by atoms with Crippen molar-refractivity contribution in [1.82, 2.24) is 4.98 Å². The van der Waals surface area contributed by atoms with Crippen molar-refractivity contribution in [3.63, 3.8) is 0 Å². The third kappa shape index (κ3) is 3.40. The number of hydrogen-bond acceptors (Lipinski definition) is 5. The van der Waals surface area contributed by atoms with E-state index in [4.69, 9.17) is 5.11 Å². The summed E-state index contributed by atoms with van der Waals surface area (Å²) in [5.74, 6) is 0.624. The molecule has 0 fully saturated rings. The van der Waals surface area contributed by atoms with Crippen LogP contribution >= 0.6 is 0 Å². The second-order valence-corrected chi connectivity index (χ2v) is 4.63. The van der Waals surface area contributed by atoms with Crippen LogP contribution in [-0.2, 0) is 0 Å². The number of nitrogens with one attached hydrogen (secondary N) is 1. The zero-order valence-electron chi connectivity index (χ0n) is 10.9. The maximum atomic E-state index is 10.6. The molecule has 1 atom stereocenters. The van der Waals surface area contributed by atoms with Gasteiger partial charge in [-0.05, 0) is 32.3 Å². The molecule has 1 heterocycles. The minimum Gasteiger partial charge on any atom is -0.396 e. The van der Waals surface area contributed by atoms with Crippen LogP contribution in [0.3, 0.4) is 0 Å². The lowest BCUT2D eigenvalue weighted by atomic mass is 9.94. The fourth-order valence-electron chi connectivity index (χ4n) is 1.65. The number of hydrogen-bond donors (Lipinski definition) is 2. The summed E-state index contributed by atoms with van der Waals surface area (Å²) in [6, 6.07) is 1.49. The molecular weight excluding hydrogens is 234 g/mol. The van der Waals surface area contributed by atoms with E-state index in [0.717, 1.165) is 12.0 Å². The fraction of sp³-hybridized carbons (Fsp3) is 0.583. The predicted octanol–water partition coefficient (Wildman–Crippen LogP) is 2.26. The number of anilines is 1. The molecule has 2 N–H and O–H groups in total. The predicted molar refractivity (Wildman–Crippen MR) is 69.6 cm³/mol. The summed E-state index contributed by atoms with van der Waals surface area (Å²) in [4.78, 5) is 14.2. The molecule has 18 heavy (non-hydrogen) atoms. The molecule has 0 saturated heterocycles. The highest BCUT2D eigenvalue weighted by Crippen LogP contribution is 2.24. The van der Waals surface area contributed by atoms with Gasteiger partial charge in [0.15, 0.2) is 0 Å². The van der Waals surface area contributed by atoms with Gasteiger partial charge >= 0.3 is 0 Å². The van der Waals surface area contributed by atoms with Gasteiger partial charge in [0.25, 0.3) is 5.69 Å². The van der Waals surface area contributed by atoms with Crippen molar-refractivity contribution in [2.45, 2.75) is 39.2 Å². The molecule has 1 rings (SSSR count). The summed E-state index contributed by atoms with van der Waals surface area (Å²) in [6.45, 7) is 5.87. The lowest BCUT2D eigenvalue weighted by Crippen LogP contribution is -2.35. The Morgan fingerprint density at radius 2 is 2.28 bits per heavy atom. The molecule has 0 bridgehead atoms. The fourth-order valence-corrected chi connectivity index (χ4v) is 1.65. The first-order valence-corrected chi connectivity index (χ1v) is 5.92. The van der Waals surface area contributed by atoms with Crippen LogP contribution in [0.4, 0.5) is 11.5 Å². The summed E-state index contributed by atoms with van der Waals surface area (Å²) >= 11 is 0. The van der Waals surface area contributed by atoms with Gasteiger partial charge in [0.05, 0.1) is 4.92 Å². The normalized spacial score (nSPS) is 14.0. The number of aliphatic hydroxyl groups excluding tert-OH is 1. The first-order valence-electron chi connectivity index (χ1n) is 5.92. The molecule has 0 aromatic carbocycles. The molecule has 0 saturated carbocycles. The minimum atomic E-state index is -0.462. The van der Waals surface area contributed by atoms with E-state index in [0.29, 0.717) is 12.2 Å². The van der Waals surface area contributed by atoms with Crippen molar-refractivity contribution in [3.05, 3.63) is 27.9 Å². The summed E-state index contributed by atoms with van der Waals surface area (Å²) in [6.07, 6.45) is 2.66. The monoisotopic (exact) mass is 253 g/mol. The van der Waals surface area contributed by atoms with E-state index in [-0.39, 0.29) is 17.8 Å². The van der Waals surface area contributed by atoms with Crippen molar-refractivity contribution in [3.8, 4) is 0 Å². The second kappa shape index (κ2) is 5.77. The summed E-state index contributed by atoms with van der Waals surface area (Å²) in [5.41, 5.74) is 0.447. The van der Waals surface area contributed by atoms with E-state index in [1.807, 2.05) is 13.8 Å². The lowest BCUT2D eigenvalue weighted by molar-refractivity contribution is -0.385. The second-order valence-electron chi connectivity index (χ2n) is 4.63. The van der Waals surface area contributed by atoms with Crippen LogP contribution in [0.2, 0.25) is 0 Å². The van der Waals surface area contributed by atoms with Gasteiger partial charge in [-0.2, -0.15) is 0 Å². The SMILES string of the molecule is CCC(C)(CCO)Nc1ncc([N+](=O)[O-])cc1C. The number of rotatable bonds is 6. The highest BCUT2D eigenvalue weighted by molar-refractivity contribution is 5.49. The highest BCUT2D eigenvalue weighted by atomic mass is 16.6. The van der Waals surface area contributed by atoms with Crippen molar-refractivity contribution in [2.75, 3.05) is 11.9 Å². The molecule has 1 aromatic rings. The third-order valence-corrected chi connectivity index (χ3v) is 3.14. The standard InChI is InChI=1S/C12H19N3O3/c1-4-12(3,5-6-16)14-11-9(2)7-10(8-13-11)15(17)18/h7-8,16H,4-6H2,1-3H3,(H,13,14). The minimum absolute atomic E-state index is 0.0154. The van der Waals surface area contributed by atoms with Gasteiger partial charge in [0.2, 0.25) is 0 Å². The molecular formula is C12H19N3O3. The van der Waals surface area contributed by atoms with Crippen molar-refractivity contribution in [1.29, 1.82) is 0 Å². The highest BCUT2D eigenvalue weighted by Gasteiger charge is 2.22. The Labute approximate surface area is 106 Å². The number of aliphatic hydroxyl groups is 1. The molecule has 0 aliphatic rings. The van der Waals surface area contributed by atoms with Gasteiger partial charge in [-0.25, -0.2) is 4.98 Å². The number of nitro groups is 1. The van der Waals surface area contributed by atoms with Crippen LogP contribution in [0.25, 0.3) is 0 Å². The van der Waals surface area contributed by atoms with Gasteiger partial charge in [-0.1, -0.05) is 6.92 Å². The van der Waals surface area contributed by atoms with Crippen molar-refractivity contribution < 1.29 is 10.0 Å². The maximum absolute atomic E-state index is 10.6. The van der Waals surface area contributed by atoms with Gasteiger partial charge < -0.3 is 10.4 Å². The Morgan fingerprint density at radius 1 is 1.61 bits per heavy atom. The molecule has 6 nitrogen and oxygen atoms in total. The summed E-state index contributed by atoms with van der Waals surface area (Å²) < 4.78 is 0. The molecule has 0 aliphatic carbocycles. The Kier molecular flexibility index (Phi) is 4.61. The zero-order chi connectivity index (χ0) is 13.8. The Balaban J connectivity index is 2.94. The molecule has 1 aromatic heterocycles. The maximum Gasteiger partial charge on any atom is 0.287 e. The molecule has 6 heteroatoms. The number of pyridine rings is 1. The molecule has 1 unspecified atom stereocenters. The molecule has 0 amide bonds. The van der Waals surface area contributed by atoms with E-state index in [2.05, 4.69) is 10.3 Å². The Hall–Kier alpha value is -1.69. The van der Waals surface area contributed by atoms with E-state index in [1.54, 1.807) is 6.92 Å². The quantitative estimate of drug-likeness (QED) is 0.599. The largest absolute Gasteiger partial charge is 0.396 e. The average molecular weight is 253 g/mol. The van der Waals surface area contributed by atoms with Crippen LogP contribution in [0.1, 0.15) is 32.3 Å². The third-order valence-electron chi connectivity index (χ3n) is 3.14. The first-order chi connectivity index (χ1) is 8.41. The first kappa shape index (κ1) is 14.4. The van der Waals surface area contributed by atoms with Crippen LogP contribution in [-0.4, -0.2) is 27.2 Å².